The minimum atomic E-state index is -0.254. The van der Waals surface area contributed by atoms with Crippen molar-refractivity contribution in [2.45, 2.75) is 33.3 Å². The van der Waals surface area contributed by atoms with Crippen molar-refractivity contribution >= 4 is 11.8 Å². The maximum Gasteiger partial charge on any atom is 0.290 e. The lowest BCUT2D eigenvalue weighted by Gasteiger charge is -2.28. The Morgan fingerprint density at radius 2 is 2.13 bits per heavy atom. The fourth-order valence-electron chi connectivity index (χ4n) is 3.05. The molecular weight excluding hydrogens is 296 g/mol. The summed E-state index contributed by atoms with van der Waals surface area (Å²) in [7, 11) is 1.57. The number of nitrogens with zero attached hydrogens (tertiary/aromatic N) is 1. The van der Waals surface area contributed by atoms with Crippen LogP contribution in [-0.2, 0) is 9.53 Å². The minimum Gasteiger partial charge on any atom is -0.456 e. The zero-order valence-corrected chi connectivity index (χ0v) is 14.3. The summed E-state index contributed by atoms with van der Waals surface area (Å²) in [6.07, 6.45) is 1.02. The molecule has 1 saturated heterocycles. The van der Waals surface area contributed by atoms with Gasteiger partial charge in [0.25, 0.3) is 5.91 Å². The largest absolute Gasteiger partial charge is 0.456 e. The molecule has 1 N–H and O–H groups in total. The molecule has 0 bridgehead atoms. The van der Waals surface area contributed by atoms with E-state index in [1.165, 1.54) is 0 Å². The molecule has 0 spiro atoms. The zero-order chi connectivity index (χ0) is 17.0. The highest BCUT2D eigenvalue weighted by Crippen LogP contribution is 2.28. The fraction of sp³-hybridized carbons (Fsp3) is 0.647. The Labute approximate surface area is 137 Å². The van der Waals surface area contributed by atoms with Gasteiger partial charge in [-0.2, -0.15) is 0 Å². The fourth-order valence-corrected chi connectivity index (χ4v) is 3.05. The first-order valence-electron chi connectivity index (χ1n) is 8.10. The van der Waals surface area contributed by atoms with Crippen LogP contribution in [0, 0.1) is 18.8 Å². The van der Waals surface area contributed by atoms with Gasteiger partial charge in [-0.1, -0.05) is 13.8 Å². The number of hydrogen-bond donors (Lipinski definition) is 1. The Bertz CT molecular complexity index is 553. The summed E-state index contributed by atoms with van der Waals surface area (Å²) in [5, 5.41) is 2.57. The molecule has 2 unspecified atom stereocenters. The molecule has 2 rings (SSSR count). The molecule has 128 valence electrons. The normalized spacial score (nSPS) is 20.7. The number of furan rings is 1. The number of carbonyl (C=O) groups excluding carboxylic acids is 2. The first kappa shape index (κ1) is 17.5. The van der Waals surface area contributed by atoms with Crippen LogP contribution in [0.1, 0.15) is 36.6 Å². The molecule has 2 amide bonds. The van der Waals surface area contributed by atoms with Crippen molar-refractivity contribution in [3.63, 3.8) is 0 Å². The van der Waals surface area contributed by atoms with Gasteiger partial charge in [-0.15, -0.1) is 0 Å². The molecule has 0 aliphatic carbocycles. The van der Waals surface area contributed by atoms with E-state index in [4.69, 9.17) is 9.15 Å². The summed E-state index contributed by atoms with van der Waals surface area (Å²) in [5.41, 5.74) is 0. The average molecular weight is 322 g/mol. The molecule has 0 saturated carbocycles. The highest BCUT2D eigenvalue weighted by Gasteiger charge is 2.34. The number of ether oxygens (including phenoxy) is 1. The minimum absolute atomic E-state index is 0.0242. The van der Waals surface area contributed by atoms with Gasteiger partial charge in [0, 0.05) is 26.1 Å². The Morgan fingerprint density at radius 3 is 2.70 bits per heavy atom. The molecule has 2 heterocycles. The first-order valence-corrected chi connectivity index (χ1v) is 8.10. The van der Waals surface area contributed by atoms with Crippen molar-refractivity contribution < 1.29 is 18.7 Å². The smallest absolute Gasteiger partial charge is 0.290 e. The van der Waals surface area contributed by atoms with Crippen LogP contribution in [0.25, 0.3) is 0 Å². The van der Waals surface area contributed by atoms with Crippen molar-refractivity contribution in [2.75, 3.05) is 26.7 Å². The summed E-state index contributed by atoms with van der Waals surface area (Å²) in [5.74, 6) is 1.12. The molecular formula is C17H26N2O4. The van der Waals surface area contributed by atoms with Gasteiger partial charge >= 0.3 is 0 Å². The number of likely N-dealkylation sites (N-methyl/N-ethyl adjacent to an activating group) is 1. The zero-order valence-electron chi connectivity index (χ0n) is 14.3. The van der Waals surface area contributed by atoms with Crippen LogP contribution >= 0.6 is 0 Å². The van der Waals surface area contributed by atoms with Gasteiger partial charge in [-0.3, -0.25) is 9.59 Å². The standard InChI is InChI=1S/C17H26N2O4/c1-11(2)16-13(7-8-22-16)9-19(10-15(20)18-4)17(21)14-6-5-12(3)23-14/h5-6,11,13,16H,7-10H2,1-4H3,(H,18,20). The van der Waals surface area contributed by atoms with Crippen molar-refractivity contribution in [1.82, 2.24) is 10.2 Å². The lowest BCUT2D eigenvalue weighted by atomic mass is 9.92. The topological polar surface area (TPSA) is 71.8 Å². The second-order valence-corrected chi connectivity index (χ2v) is 6.40. The van der Waals surface area contributed by atoms with E-state index in [1.54, 1.807) is 31.0 Å². The number of amides is 2. The van der Waals surface area contributed by atoms with Gasteiger partial charge in [0.15, 0.2) is 5.76 Å². The predicted molar refractivity (Wildman–Crippen MR) is 86.1 cm³/mol. The van der Waals surface area contributed by atoms with Gasteiger partial charge in [0.05, 0.1) is 12.6 Å². The van der Waals surface area contributed by atoms with E-state index in [-0.39, 0.29) is 36.1 Å². The molecule has 0 aromatic carbocycles. The summed E-state index contributed by atoms with van der Waals surface area (Å²) in [6.45, 7) is 7.24. The van der Waals surface area contributed by atoms with E-state index in [1.807, 2.05) is 0 Å². The van der Waals surface area contributed by atoms with E-state index in [2.05, 4.69) is 19.2 Å². The van der Waals surface area contributed by atoms with Crippen LogP contribution in [0.5, 0.6) is 0 Å². The van der Waals surface area contributed by atoms with Crippen LogP contribution in [-0.4, -0.2) is 49.6 Å². The third kappa shape index (κ3) is 4.34. The molecule has 6 heteroatoms. The highest BCUT2D eigenvalue weighted by atomic mass is 16.5. The van der Waals surface area contributed by atoms with Crippen LogP contribution in [0.3, 0.4) is 0 Å². The van der Waals surface area contributed by atoms with Gasteiger partial charge in [0.1, 0.15) is 5.76 Å². The van der Waals surface area contributed by atoms with E-state index >= 15 is 0 Å². The van der Waals surface area contributed by atoms with Crippen molar-refractivity contribution in [3.05, 3.63) is 23.7 Å². The summed E-state index contributed by atoms with van der Waals surface area (Å²) in [6, 6.07) is 3.40. The Kier molecular flexibility index (Phi) is 5.82. The van der Waals surface area contributed by atoms with Gasteiger partial charge in [0.2, 0.25) is 5.91 Å². The molecule has 1 aromatic rings. The van der Waals surface area contributed by atoms with Crippen LogP contribution in [0.4, 0.5) is 0 Å². The molecule has 6 nitrogen and oxygen atoms in total. The van der Waals surface area contributed by atoms with Crippen LogP contribution in [0.15, 0.2) is 16.5 Å². The number of hydrogen-bond acceptors (Lipinski definition) is 4. The first-order chi connectivity index (χ1) is 10.9. The van der Waals surface area contributed by atoms with Gasteiger partial charge in [-0.05, 0) is 31.4 Å². The van der Waals surface area contributed by atoms with Crippen molar-refractivity contribution in [1.29, 1.82) is 0 Å². The van der Waals surface area contributed by atoms with Crippen LogP contribution < -0.4 is 5.32 Å². The van der Waals surface area contributed by atoms with Crippen molar-refractivity contribution in [3.8, 4) is 0 Å². The predicted octanol–water partition coefficient (Wildman–Crippen LogP) is 1.84. The van der Waals surface area contributed by atoms with E-state index in [0.29, 0.717) is 24.8 Å². The number of nitrogens with one attached hydrogen (secondary N) is 1. The van der Waals surface area contributed by atoms with Gasteiger partial charge in [-0.25, -0.2) is 0 Å². The third-order valence-electron chi connectivity index (χ3n) is 4.23. The third-order valence-corrected chi connectivity index (χ3v) is 4.23. The number of rotatable bonds is 6. The SMILES string of the molecule is CNC(=O)CN(CC1CCOC1C(C)C)C(=O)c1ccc(C)o1. The highest BCUT2D eigenvalue weighted by molar-refractivity contribution is 5.94. The average Bonchev–Trinajstić information content (AvgIpc) is 3.14. The Balaban J connectivity index is 2.13. The quantitative estimate of drug-likeness (QED) is 0.867. The molecule has 1 fully saturated rings. The molecule has 1 aliphatic rings. The lowest BCUT2D eigenvalue weighted by molar-refractivity contribution is -0.121. The van der Waals surface area contributed by atoms with Crippen LogP contribution in [0.2, 0.25) is 0 Å². The Hall–Kier alpha value is -1.82. The second kappa shape index (κ2) is 7.64. The monoisotopic (exact) mass is 322 g/mol. The number of carbonyl (C=O) groups is 2. The Morgan fingerprint density at radius 1 is 1.39 bits per heavy atom. The summed E-state index contributed by atoms with van der Waals surface area (Å²) < 4.78 is 11.2. The lowest BCUT2D eigenvalue weighted by Crippen LogP contribution is -2.44. The van der Waals surface area contributed by atoms with E-state index < -0.39 is 0 Å². The maximum absolute atomic E-state index is 12.7. The van der Waals surface area contributed by atoms with Crippen molar-refractivity contribution in [2.24, 2.45) is 11.8 Å². The molecule has 1 aromatic heterocycles. The molecule has 0 radical (unpaired) electrons. The second-order valence-electron chi connectivity index (χ2n) is 6.40. The van der Waals surface area contributed by atoms with E-state index in [9.17, 15) is 9.59 Å². The molecule has 1 aliphatic heterocycles. The summed E-state index contributed by atoms with van der Waals surface area (Å²) in [4.78, 5) is 26.0. The maximum atomic E-state index is 12.7. The van der Waals surface area contributed by atoms with Gasteiger partial charge < -0.3 is 19.4 Å². The van der Waals surface area contributed by atoms with E-state index in [0.717, 1.165) is 6.42 Å². The molecule has 23 heavy (non-hydrogen) atoms. The number of aryl methyl sites for hydroxylation is 1. The molecule has 2 atom stereocenters. The summed E-state index contributed by atoms with van der Waals surface area (Å²) >= 11 is 0.